The first-order chi connectivity index (χ1) is 4.83. The van der Waals surface area contributed by atoms with E-state index in [9.17, 15) is 0 Å². The summed E-state index contributed by atoms with van der Waals surface area (Å²) in [5.41, 5.74) is 0. The van der Waals surface area contributed by atoms with E-state index in [0.717, 1.165) is 0 Å². The second-order valence-corrected chi connectivity index (χ2v) is 3.99. The molecule has 0 saturated heterocycles. The standard InChI is InChI=1S/C7H17N2Si/c1-8-4-5-9(7-8)3-2-6-10/h7H,2-6H2,1,10H3/q+1. The van der Waals surface area contributed by atoms with E-state index in [1.165, 1.54) is 42.3 Å². The van der Waals surface area contributed by atoms with Crippen molar-refractivity contribution in [3.8, 4) is 0 Å². The summed E-state index contributed by atoms with van der Waals surface area (Å²) < 4.78 is 2.26. The fraction of sp³-hybridized carbons (Fsp3) is 0.857. The van der Waals surface area contributed by atoms with Crippen LogP contribution in [0.25, 0.3) is 0 Å². The Bertz CT molecular complexity index is 134. The van der Waals surface area contributed by atoms with Gasteiger partial charge in [-0.05, 0) is 6.42 Å². The predicted octanol–water partition coefficient (Wildman–Crippen LogP) is -0.854. The van der Waals surface area contributed by atoms with Gasteiger partial charge in [0.1, 0.15) is 13.1 Å². The van der Waals surface area contributed by atoms with E-state index in [1.807, 2.05) is 0 Å². The van der Waals surface area contributed by atoms with Crippen LogP contribution >= 0.6 is 0 Å². The normalized spacial score (nSPS) is 18.1. The van der Waals surface area contributed by atoms with Crippen molar-refractivity contribution < 1.29 is 4.58 Å². The molecule has 1 aliphatic heterocycles. The molecule has 0 atom stereocenters. The van der Waals surface area contributed by atoms with Gasteiger partial charge in [0.05, 0.1) is 13.6 Å². The molecule has 58 valence electrons. The second kappa shape index (κ2) is 3.76. The highest BCUT2D eigenvalue weighted by molar-refractivity contribution is 6.08. The molecule has 0 amide bonds. The summed E-state index contributed by atoms with van der Waals surface area (Å²) >= 11 is 0. The zero-order chi connectivity index (χ0) is 7.40. The van der Waals surface area contributed by atoms with Crippen LogP contribution in [-0.2, 0) is 0 Å². The molecule has 10 heavy (non-hydrogen) atoms. The van der Waals surface area contributed by atoms with Crippen molar-refractivity contribution >= 4 is 16.6 Å². The minimum absolute atomic E-state index is 1.21. The zero-order valence-corrected chi connectivity index (χ0v) is 9.01. The summed E-state index contributed by atoms with van der Waals surface area (Å²) in [5.74, 6) is 0. The molecule has 0 radical (unpaired) electrons. The Morgan fingerprint density at radius 3 is 3.00 bits per heavy atom. The van der Waals surface area contributed by atoms with Gasteiger partial charge in [0, 0.05) is 10.2 Å². The third-order valence-electron chi connectivity index (χ3n) is 1.90. The van der Waals surface area contributed by atoms with Crippen LogP contribution in [0.3, 0.4) is 0 Å². The van der Waals surface area contributed by atoms with Crippen LogP contribution in [0.15, 0.2) is 0 Å². The number of hydrogen-bond donors (Lipinski definition) is 0. The van der Waals surface area contributed by atoms with E-state index in [1.54, 1.807) is 0 Å². The Balaban J connectivity index is 2.18. The lowest BCUT2D eigenvalue weighted by Gasteiger charge is -2.03. The van der Waals surface area contributed by atoms with E-state index in [2.05, 4.69) is 22.9 Å². The molecule has 0 bridgehead atoms. The molecule has 1 heterocycles. The summed E-state index contributed by atoms with van der Waals surface area (Å²) in [7, 11) is 3.50. The number of hydrogen-bond acceptors (Lipinski definition) is 1. The molecule has 0 aromatic carbocycles. The van der Waals surface area contributed by atoms with Crippen molar-refractivity contribution in [2.24, 2.45) is 0 Å². The maximum atomic E-state index is 2.41. The third-order valence-corrected chi connectivity index (χ3v) is 2.61. The van der Waals surface area contributed by atoms with E-state index in [-0.39, 0.29) is 0 Å². The first kappa shape index (κ1) is 7.79. The number of nitrogens with zero attached hydrogens (tertiary/aromatic N) is 2. The molecule has 2 nitrogen and oxygen atoms in total. The average molecular weight is 157 g/mol. The van der Waals surface area contributed by atoms with Gasteiger partial charge in [-0.15, -0.1) is 0 Å². The summed E-state index contributed by atoms with van der Waals surface area (Å²) in [5, 5.41) is 0. The lowest BCUT2D eigenvalue weighted by Crippen LogP contribution is -2.20. The van der Waals surface area contributed by atoms with Crippen LogP contribution in [0.5, 0.6) is 0 Å². The fourth-order valence-electron chi connectivity index (χ4n) is 1.21. The highest BCUT2D eigenvalue weighted by Gasteiger charge is 2.14. The maximum Gasteiger partial charge on any atom is 0.234 e. The molecule has 1 aliphatic rings. The van der Waals surface area contributed by atoms with Crippen molar-refractivity contribution in [2.75, 3.05) is 26.7 Å². The highest BCUT2D eigenvalue weighted by atomic mass is 28.1. The van der Waals surface area contributed by atoms with Gasteiger partial charge in [-0.1, -0.05) is 6.04 Å². The Morgan fingerprint density at radius 1 is 1.70 bits per heavy atom. The van der Waals surface area contributed by atoms with Crippen LogP contribution in [0.1, 0.15) is 6.42 Å². The molecule has 0 fully saturated rings. The number of likely N-dealkylation sites (N-methyl/N-ethyl adjacent to an activating group) is 1. The second-order valence-electron chi connectivity index (χ2n) is 2.99. The molecule has 0 N–H and O–H groups in total. The summed E-state index contributed by atoms with van der Waals surface area (Å²) in [6.07, 6.45) is 3.62. The van der Waals surface area contributed by atoms with E-state index >= 15 is 0 Å². The van der Waals surface area contributed by atoms with Gasteiger partial charge >= 0.3 is 0 Å². The fourth-order valence-corrected chi connectivity index (χ4v) is 1.53. The van der Waals surface area contributed by atoms with E-state index < -0.39 is 0 Å². The van der Waals surface area contributed by atoms with Crippen molar-refractivity contribution in [3.63, 3.8) is 0 Å². The Kier molecular flexibility index (Phi) is 2.93. The molecule has 0 aliphatic carbocycles. The molecule has 1 rings (SSSR count). The largest absolute Gasteiger partial charge is 0.267 e. The summed E-state index contributed by atoms with van der Waals surface area (Å²) in [4.78, 5) is 2.41. The first-order valence-electron chi connectivity index (χ1n) is 4.12. The van der Waals surface area contributed by atoms with Crippen LogP contribution in [0.4, 0.5) is 0 Å². The van der Waals surface area contributed by atoms with Crippen molar-refractivity contribution in [3.05, 3.63) is 0 Å². The van der Waals surface area contributed by atoms with E-state index in [0.29, 0.717) is 0 Å². The quantitative estimate of drug-likeness (QED) is 0.382. The van der Waals surface area contributed by atoms with Crippen LogP contribution in [-0.4, -0.2) is 52.7 Å². The zero-order valence-electron chi connectivity index (χ0n) is 7.01. The van der Waals surface area contributed by atoms with Gasteiger partial charge in [0.2, 0.25) is 6.34 Å². The maximum absolute atomic E-state index is 2.41. The molecule has 0 saturated carbocycles. The van der Waals surface area contributed by atoms with Gasteiger partial charge < -0.3 is 0 Å². The summed E-state index contributed by atoms with van der Waals surface area (Å²) in [6, 6.07) is 1.44. The molecule has 0 aromatic rings. The smallest absolute Gasteiger partial charge is 0.234 e. The molecule has 0 spiro atoms. The van der Waals surface area contributed by atoms with E-state index in [4.69, 9.17) is 0 Å². The van der Waals surface area contributed by atoms with Gasteiger partial charge in [0.25, 0.3) is 0 Å². The minimum atomic E-state index is 1.21. The lowest BCUT2D eigenvalue weighted by atomic mass is 10.4. The van der Waals surface area contributed by atoms with Crippen molar-refractivity contribution in [1.82, 2.24) is 4.90 Å². The van der Waals surface area contributed by atoms with Crippen LogP contribution in [0, 0.1) is 0 Å². The Labute approximate surface area is 66.0 Å². The Morgan fingerprint density at radius 2 is 2.50 bits per heavy atom. The average Bonchev–Trinajstić information content (AvgIpc) is 2.31. The van der Waals surface area contributed by atoms with Crippen LogP contribution < -0.4 is 0 Å². The SMILES string of the molecule is C[N+]1=CN(CCC[SiH3])CC1. The monoisotopic (exact) mass is 157 g/mol. The minimum Gasteiger partial charge on any atom is -0.267 e. The van der Waals surface area contributed by atoms with Gasteiger partial charge in [-0.3, -0.25) is 9.48 Å². The van der Waals surface area contributed by atoms with Gasteiger partial charge in [-0.25, -0.2) is 0 Å². The Hall–Kier alpha value is -0.313. The number of rotatable bonds is 3. The predicted molar refractivity (Wildman–Crippen MR) is 48.1 cm³/mol. The van der Waals surface area contributed by atoms with Crippen molar-refractivity contribution in [2.45, 2.75) is 12.5 Å². The summed E-state index contributed by atoms with van der Waals surface area (Å²) in [6.45, 7) is 3.72. The lowest BCUT2D eigenvalue weighted by molar-refractivity contribution is -0.482. The first-order valence-corrected chi connectivity index (χ1v) is 5.53. The topological polar surface area (TPSA) is 6.25 Å². The molecular weight excluding hydrogens is 140 g/mol. The molecule has 3 heteroatoms. The van der Waals surface area contributed by atoms with Crippen molar-refractivity contribution in [1.29, 1.82) is 0 Å². The molecule has 0 aromatic heterocycles. The van der Waals surface area contributed by atoms with Crippen LogP contribution in [0.2, 0.25) is 6.04 Å². The highest BCUT2D eigenvalue weighted by Crippen LogP contribution is 1.95. The van der Waals surface area contributed by atoms with Gasteiger partial charge in [-0.2, -0.15) is 0 Å². The molecular formula is C7H17N2Si+. The third kappa shape index (κ3) is 2.14. The molecule has 0 unspecified atom stereocenters. The van der Waals surface area contributed by atoms with Gasteiger partial charge in [0.15, 0.2) is 0 Å².